The second-order valence-electron chi connectivity index (χ2n) is 9.06. The van der Waals surface area contributed by atoms with Gasteiger partial charge in [-0.25, -0.2) is 0 Å². The molecule has 3 aliphatic rings. The lowest BCUT2D eigenvalue weighted by atomic mass is 9.80. The molecule has 3 aromatic carbocycles. The zero-order valence-corrected chi connectivity index (χ0v) is 20.6. The number of likely N-dealkylation sites (N-methyl/N-ethyl adjacent to an activating group) is 2. The van der Waals surface area contributed by atoms with Crippen LogP contribution in [0.5, 0.6) is 23.0 Å². The summed E-state index contributed by atoms with van der Waals surface area (Å²) in [7, 11) is 5.79. The third kappa shape index (κ3) is 2.60. The molecular weight excluding hydrogens is 480 g/mol. The molecule has 2 amide bonds. The minimum Gasteiger partial charge on any atom is -0.492 e. The van der Waals surface area contributed by atoms with Gasteiger partial charge in [-0.15, -0.1) is 0 Å². The highest BCUT2D eigenvalue weighted by Crippen LogP contribution is 2.62. The number of amides is 2. The Hall–Kier alpha value is -4.28. The summed E-state index contributed by atoms with van der Waals surface area (Å²) >= 11 is 0. The summed E-state index contributed by atoms with van der Waals surface area (Å²) in [6.45, 7) is -0.283. The average molecular weight is 504 g/mol. The van der Waals surface area contributed by atoms with Crippen molar-refractivity contribution in [3.8, 4) is 23.0 Å². The van der Waals surface area contributed by atoms with Gasteiger partial charge in [-0.2, -0.15) is 0 Å². The summed E-state index contributed by atoms with van der Waals surface area (Å²) in [5.41, 5.74) is -2.89. The molecule has 0 radical (unpaired) electrons. The molecule has 2 unspecified atom stereocenters. The molecule has 37 heavy (non-hydrogen) atoms. The van der Waals surface area contributed by atoms with E-state index in [1.54, 1.807) is 62.6 Å². The molecule has 3 aromatic rings. The number of fused-ring (bicyclic) bond motifs is 3. The second-order valence-corrected chi connectivity index (χ2v) is 9.06. The number of rotatable bonds is 4. The summed E-state index contributed by atoms with van der Waals surface area (Å²) in [4.78, 5) is 29.9. The first kappa shape index (κ1) is 23.1. The van der Waals surface area contributed by atoms with Crippen molar-refractivity contribution in [3.05, 3.63) is 70.8 Å². The SMILES string of the molecule is COc1c(OC)c(C2(O)C(=O)N(C)c3ccccc32)c2c(c1C1(O)C(=O)N(C)c3ccccc31)OCO2. The molecule has 10 heteroatoms. The lowest BCUT2D eigenvalue weighted by Crippen LogP contribution is -2.41. The molecule has 0 bridgehead atoms. The second kappa shape index (κ2) is 7.61. The zero-order valence-electron chi connectivity index (χ0n) is 20.6. The Labute approximate surface area is 212 Å². The topological polar surface area (TPSA) is 118 Å². The Morgan fingerprint density at radius 2 is 1.11 bits per heavy atom. The fourth-order valence-corrected chi connectivity index (χ4v) is 5.69. The lowest BCUT2D eigenvalue weighted by Gasteiger charge is -2.31. The van der Waals surface area contributed by atoms with Gasteiger partial charge in [0.1, 0.15) is 0 Å². The highest BCUT2D eigenvalue weighted by Gasteiger charge is 2.59. The van der Waals surface area contributed by atoms with Crippen molar-refractivity contribution in [1.29, 1.82) is 0 Å². The number of hydrogen-bond donors (Lipinski definition) is 2. The molecule has 0 aliphatic carbocycles. The third-order valence-electron chi connectivity index (χ3n) is 7.40. The van der Waals surface area contributed by atoms with Crippen molar-refractivity contribution in [2.24, 2.45) is 0 Å². The molecule has 3 aliphatic heterocycles. The van der Waals surface area contributed by atoms with Crippen molar-refractivity contribution in [3.63, 3.8) is 0 Å². The van der Waals surface area contributed by atoms with Crippen LogP contribution >= 0.6 is 0 Å². The number of benzene rings is 3. The number of ether oxygens (including phenoxy) is 4. The van der Waals surface area contributed by atoms with Gasteiger partial charge in [0, 0.05) is 25.2 Å². The Morgan fingerprint density at radius 3 is 1.49 bits per heavy atom. The molecule has 2 atom stereocenters. The van der Waals surface area contributed by atoms with Gasteiger partial charge in [0.25, 0.3) is 11.8 Å². The van der Waals surface area contributed by atoms with E-state index in [1.807, 2.05) is 0 Å². The van der Waals surface area contributed by atoms with Crippen LogP contribution < -0.4 is 28.7 Å². The maximum atomic E-state index is 13.6. The standard InChI is InChI=1S/C27H24N2O8/c1-28-16-11-7-5-9-14(16)26(32,24(28)30)18-20(34-3)21(35-4)19(23-22(18)36-13-37-23)27(33)15-10-6-8-12-17(15)29(2)25(27)31/h5-12,32-33H,13H2,1-4H3. The van der Waals surface area contributed by atoms with Gasteiger partial charge >= 0.3 is 0 Å². The van der Waals surface area contributed by atoms with Crippen molar-refractivity contribution in [1.82, 2.24) is 0 Å². The number of carbonyl (C=O) groups excluding carboxylic acids is 2. The summed E-state index contributed by atoms with van der Waals surface area (Å²) in [6, 6.07) is 13.6. The molecular formula is C27H24N2O8. The van der Waals surface area contributed by atoms with E-state index in [4.69, 9.17) is 18.9 Å². The maximum Gasteiger partial charge on any atom is 0.268 e. The van der Waals surface area contributed by atoms with Gasteiger partial charge in [0.15, 0.2) is 23.0 Å². The summed E-state index contributed by atoms with van der Waals surface area (Å²) in [5, 5.41) is 24.2. The van der Waals surface area contributed by atoms with E-state index in [-0.39, 0.29) is 40.9 Å². The molecule has 0 saturated heterocycles. The summed E-state index contributed by atoms with van der Waals surface area (Å²) < 4.78 is 23.1. The van der Waals surface area contributed by atoms with Gasteiger partial charge in [0.2, 0.25) is 18.0 Å². The molecule has 0 fully saturated rings. The van der Waals surface area contributed by atoms with Gasteiger partial charge in [0.05, 0.1) is 36.7 Å². The number of nitrogens with zero attached hydrogens (tertiary/aromatic N) is 2. The quantitative estimate of drug-likeness (QED) is 0.553. The molecule has 190 valence electrons. The lowest BCUT2D eigenvalue weighted by molar-refractivity contribution is -0.132. The predicted octanol–water partition coefficient (Wildman–Crippen LogP) is 1.86. The van der Waals surface area contributed by atoms with E-state index >= 15 is 0 Å². The first-order valence-corrected chi connectivity index (χ1v) is 11.5. The minimum absolute atomic E-state index is 0.0261. The van der Waals surface area contributed by atoms with Crippen LogP contribution in [0.25, 0.3) is 0 Å². The Morgan fingerprint density at radius 1 is 0.730 bits per heavy atom. The molecule has 0 saturated carbocycles. The van der Waals surface area contributed by atoms with E-state index in [2.05, 4.69) is 0 Å². The summed E-state index contributed by atoms with van der Waals surface area (Å²) in [5.74, 6) is -1.48. The van der Waals surface area contributed by atoms with Crippen LogP contribution in [0.3, 0.4) is 0 Å². The number of para-hydroxylation sites is 2. The zero-order chi connectivity index (χ0) is 26.3. The molecule has 0 spiro atoms. The van der Waals surface area contributed by atoms with Crippen LogP contribution in [0.15, 0.2) is 48.5 Å². The number of hydrogen-bond acceptors (Lipinski definition) is 8. The van der Waals surface area contributed by atoms with Crippen LogP contribution in [0.4, 0.5) is 11.4 Å². The first-order valence-electron chi connectivity index (χ1n) is 11.5. The molecule has 10 nitrogen and oxygen atoms in total. The molecule has 3 heterocycles. The monoisotopic (exact) mass is 504 g/mol. The average Bonchev–Trinajstić information content (AvgIpc) is 3.54. The smallest absolute Gasteiger partial charge is 0.268 e. The van der Waals surface area contributed by atoms with Crippen LogP contribution in [-0.2, 0) is 20.8 Å². The van der Waals surface area contributed by atoms with E-state index in [0.717, 1.165) is 0 Å². The van der Waals surface area contributed by atoms with Crippen molar-refractivity contribution < 1.29 is 38.7 Å². The van der Waals surface area contributed by atoms with Crippen LogP contribution in [0.2, 0.25) is 0 Å². The highest BCUT2D eigenvalue weighted by molar-refractivity contribution is 6.12. The van der Waals surface area contributed by atoms with E-state index in [1.165, 1.54) is 24.0 Å². The van der Waals surface area contributed by atoms with Crippen LogP contribution in [0, 0.1) is 0 Å². The van der Waals surface area contributed by atoms with E-state index in [0.29, 0.717) is 22.5 Å². The van der Waals surface area contributed by atoms with Crippen molar-refractivity contribution >= 4 is 23.2 Å². The van der Waals surface area contributed by atoms with Crippen molar-refractivity contribution in [2.45, 2.75) is 11.2 Å². The Kier molecular flexibility index (Phi) is 4.76. The summed E-state index contributed by atoms with van der Waals surface area (Å²) in [6.07, 6.45) is 0. The first-order chi connectivity index (χ1) is 17.7. The van der Waals surface area contributed by atoms with Crippen molar-refractivity contribution in [2.75, 3.05) is 44.9 Å². The third-order valence-corrected chi connectivity index (χ3v) is 7.40. The molecule has 0 aromatic heterocycles. The number of aliphatic hydroxyl groups is 2. The highest BCUT2D eigenvalue weighted by atomic mass is 16.7. The van der Waals surface area contributed by atoms with Gasteiger partial charge < -0.3 is 39.0 Å². The fourth-order valence-electron chi connectivity index (χ4n) is 5.69. The maximum absolute atomic E-state index is 13.6. The normalized spacial score (nSPS) is 23.4. The Balaban J connectivity index is 1.72. The van der Waals surface area contributed by atoms with Gasteiger partial charge in [-0.3, -0.25) is 9.59 Å². The predicted molar refractivity (Wildman–Crippen MR) is 131 cm³/mol. The number of carbonyl (C=O) groups is 2. The largest absolute Gasteiger partial charge is 0.492 e. The van der Waals surface area contributed by atoms with Crippen LogP contribution in [-0.4, -0.2) is 57.1 Å². The van der Waals surface area contributed by atoms with Crippen LogP contribution in [0.1, 0.15) is 22.3 Å². The van der Waals surface area contributed by atoms with E-state index < -0.39 is 23.0 Å². The number of methoxy groups -OCH3 is 2. The molecule has 6 rings (SSSR count). The molecule has 2 N–H and O–H groups in total. The van der Waals surface area contributed by atoms with Gasteiger partial charge in [-0.05, 0) is 12.1 Å². The van der Waals surface area contributed by atoms with E-state index in [9.17, 15) is 19.8 Å². The Bertz CT molecular complexity index is 1390. The minimum atomic E-state index is -2.22. The number of anilines is 2. The fraction of sp³-hybridized carbons (Fsp3) is 0.259. The van der Waals surface area contributed by atoms with Gasteiger partial charge in [-0.1, -0.05) is 36.4 Å².